The van der Waals surface area contributed by atoms with Gasteiger partial charge in [0.15, 0.2) is 0 Å². The maximum atomic E-state index is 13.3. The van der Waals surface area contributed by atoms with Crippen molar-refractivity contribution in [3.8, 4) is 11.5 Å². The summed E-state index contributed by atoms with van der Waals surface area (Å²) in [4.78, 5) is 55.2. The van der Waals surface area contributed by atoms with Crippen LogP contribution in [0.3, 0.4) is 0 Å². The van der Waals surface area contributed by atoms with Crippen LogP contribution in [0.2, 0.25) is 0 Å². The Labute approximate surface area is 269 Å². The average Bonchev–Trinajstić information content (AvgIpc) is 2.98. The van der Waals surface area contributed by atoms with E-state index in [0.29, 0.717) is 50.5 Å². The Bertz CT molecular complexity index is 1160. The van der Waals surface area contributed by atoms with E-state index in [-0.39, 0.29) is 35.5 Å². The highest BCUT2D eigenvalue weighted by Gasteiger charge is 2.31. The molecule has 0 radical (unpaired) electrons. The van der Waals surface area contributed by atoms with Crippen LogP contribution >= 0.6 is 0 Å². The largest absolute Gasteiger partial charge is 0.457 e. The zero-order chi connectivity index (χ0) is 32.9. The second-order valence-electron chi connectivity index (χ2n) is 12.7. The summed E-state index contributed by atoms with van der Waals surface area (Å²) in [6.07, 6.45) is 4.52. The highest BCUT2D eigenvalue weighted by Crippen LogP contribution is 2.23. The lowest BCUT2D eigenvalue weighted by atomic mass is 10.00. The maximum Gasteiger partial charge on any atom is 0.243 e. The van der Waals surface area contributed by atoms with Gasteiger partial charge >= 0.3 is 0 Å². The monoisotopic (exact) mass is 620 g/mol. The van der Waals surface area contributed by atoms with E-state index in [4.69, 9.17) is 4.74 Å². The molecule has 0 fully saturated rings. The lowest BCUT2D eigenvalue weighted by Crippen LogP contribution is -2.52. The van der Waals surface area contributed by atoms with Crippen LogP contribution < -0.4 is 15.4 Å². The summed E-state index contributed by atoms with van der Waals surface area (Å²) < 4.78 is 6.02. The van der Waals surface area contributed by atoms with Gasteiger partial charge < -0.3 is 25.2 Å². The summed E-state index contributed by atoms with van der Waals surface area (Å²) in [5, 5.41) is 6.09. The van der Waals surface area contributed by atoms with Crippen molar-refractivity contribution >= 4 is 23.6 Å². The topological polar surface area (TPSA) is 108 Å². The van der Waals surface area contributed by atoms with Crippen LogP contribution in [0.1, 0.15) is 78.4 Å². The molecule has 3 aliphatic heterocycles. The lowest BCUT2D eigenvalue weighted by Gasteiger charge is -2.33. The number of fused-ring (bicyclic) bond motifs is 2. The van der Waals surface area contributed by atoms with Crippen molar-refractivity contribution < 1.29 is 23.9 Å². The minimum Gasteiger partial charge on any atom is -0.457 e. The van der Waals surface area contributed by atoms with Gasteiger partial charge in [0, 0.05) is 40.0 Å². The van der Waals surface area contributed by atoms with Crippen LogP contribution in [-0.4, -0.2) is 71.7 Å². The predicted molar refractivity (Wildman–Crippen MR) is 177 cm³/mol. The summed E-state index contributed by atoms with van der Waals surface area (Å²) in [5.74, 6) is 0.821. The van der Waals surface area contributed by atoms with Gasteiger partial charge in [-0.15, -0.1) is 0 Å². The maximum absolute atomic E-state index is 13.3. The smallest absolute Gasteiger partial charge is 0.243 e. The number of carbonyl (C=O) groups is 4. The van der Waals surface area contributed by atoms with Crippen LogP contribution in [0.4, 0.5) is 0 Å². The first-order chi connectivity index (χ1) is 21.5. The van der Waals surface area contributed by atoms with E-state index in [9.17, 15) is 19.2 Å². The first-order valence-electron chi connectivity index (χ1n) is 16.4. The van der Waals surface area contributed by atoms with Gasteiger partial charge in [-0.3, -0.25) is 19.2 Å². The highest BCUT2D eigenvalue weighted by atomic mass is 16.5. The van der Waals surface area contributed by atoms with Crippen molar-refractivity contribution in [2.45, 2.75) is 92.2 Å². The van der Waals surface area contributed by atoms with Gasteiger partial charge in [0.2, 0.25) is 23.6 Å². The van der Waals surface area contributed by atoms with Crippen molar-refractivity contribution in [3.63, 3.8) is 0 Å². The fourth-order valence-electron chi connectivity index (χ4n) is 5.96. The molecular formula is C36H52N4O5. The average molecular weight is 621 g/mol. The van der Waals surface area contributed by atoms with E-state index in [2.05, 4.69) is 10.6 Å². The Hall–Kier alpha value is -3.88. The number of amides is 4. The highest BCUT2D eigenvalue weighted by molar-refractivity contribution is 5.87. The van der Waals surface area contributed by atoms with Gasteiger partial charge in [-0.2, -0.15) is 0 Å². The third-order valence-corrected chi connectivity index (χ3v) is 8.34. The summed E-state index contributed by atoms with van der Waals surface area (Å²) in [6, 6.07) is 14.5. The van der Waals surface area contributed by atoms with Gasteiger partial charge in [0.05, 0.1) is 0 Å². The number of ether oxygens (including phenoxy) is 1. The summed E-state index contributed by atoms with van der Waals surface area (Å²) >= 11 is 0. The summed E-state index contributed by atoms with van der Waals surface area (Å²) in [7, 11) is 0. The minimum absolute atomic E-state index is 0.0429. The van der Waals surface area contributed by atoms with Crippen LogP contribution in [0, 0.1) is 11.8 Å². The Morgan fingerprint density at radius 1 is 0.644 bits per heavy atom. The summed E-state index contributed by atoms with van der Waals surface area (Å²) in [6.45, 7) is 12.8. The van der Waals surface area contributed by atoms with Gasteiger partial charge in [0.25, 0.3) is 0 Å². The third kappa shape index (κ3) is 10.9. The van der Waals surface area contributed by atoms with Gasteiger partial charge in [-0.05, 0) is 72.9 Å². The van der Waals surface area contributed by atoms with E-state index < -0.39 is 12.1 Å². The first kappa shape index (κ1) is 35.6. The van der Waals surface area contributed by atoms with E-state index >= 15 is 0 Å². The molecule has 0 saturated carbocycles. The van der Waals surface area contributed by atoms with E-state index in [1.165, 1.54) is 13.8 Å². The minimum atomic E-state index is -0.550. The molecule has 9 nitrogen and oxygen atoms in total. The van der Waals surface area contributed by atoms with E-state index in [1.54, 1.807) is 9.80 Å². The van der Waals surface area contributed by atoms with Gasteiger partial charge in [-0.25, -0.2) is 0 Å². The zero-order valence-electron chi connectivity index (χ0n) is 27.9. The molecule has 2 unspecified atom stereocenters. The Balaban J connectivity index is 1.78. The molecule has 0 aliphatic carbocycles. The molecule has 3 heterocycles. The van der Waals surface area contributed by atoms with Crippen LogP contribution in [0.25, 0.3) is 0 Å². The van der Waals surface area contributed by atoms with E-state index in [1.807, 2.05) is 76.2 Å². The second kappa shape index (κ2) is 17.6. The SMILES string of the molecule is CC(=O)N1CCCCCCN(C(C)=O)C(C(C)C)C(=O)NCCc2ccc(cc2)Oc2ccc(cc2)CCNC(=O)C1C(C)C. The molecule has 45 heavy (non-hydrogen) atoms. The Morgan fingerprint density at radius 3 is 1.31 bits per heavy atom. The third-order valence-electron chi connectivity index (χ3n) is 8.34. The molecule has 2 aromatic carbocycles. The Kier molecular flexibility index (Phi) is 13.9. The molecule has 9 heteroatoms. The van der Waals surface area contributed by atoms with Crippen LogP contribution in [-0.2, 0) is 32.0 Å². The molecule has 246 valence electrons. The number of nitrogens with one attached hydrogen (secondary N) is 2. The van der Waals surface area contributed by atoms with Gasteiger partial charge in [0.1, 0.15) is 23.6 Å². The molecule has 4 bridgehead atoms. The molecule has 0 spiro atoms. The van der Waals surface area contributed by atoms with Crippen molar-refractivity contribution in [2.24, 2.45) is 11.8 Å². The number of hydrogen-bond donors (Lipinski definition) is 2. The number of benzene rings is 2. The fraction of sp³-hybridized carbons (Fsp3) is 0.556. The molecular weight excluding hydrogens is 568 g/mol. The van der Waals surface area contributed by atoms with E-state index in [0.717, 1.165) is 36.8 Å². The number of rotatable bonds is 2. The second-order valence-corrected chi connectivity index (χ2v) is 12.7. The van der Waals surface area contributed by atoms with Crippen LogP contribution in [0.5, 0.6) is 11.5 Å². The van der Waals surface area contributed by atoms with Crippen LogP contribution in [0.15, 0.2) is 48.5 Å². The van der Waals surface area contributed by atoms with Crippen molar-refractivity contribution in [1.82, 2.24) is 20.4 Å². The molecule has 5 rings (SSSR count). The van der Waals surface area contributed by atoms with Crippen molar-refractivity contribution in [3.05, 3.63) is 59.7 Å². The quantitative estimate of drug-likeness (QED) is 0.485. The zero-order valence-corrected chi connectivity index (χ0v) is 27.9. The van der Waals surface area contributed by atoms with Crippen molar-refractivity contribution in [1.29, 1.82) is 0 Å². The lowest BCUT2D eigenvalue weighted by molar-refractivity contribution is -0.141. The van der Waals surface area contributed by atoms with Crippen molar-refractivity contribution in [2.75, 3.05) is 26.2 Å². The molecule has 2 N–H and O–H groups in total. The molecule has 0 saturated heterocycles. The first-order valence-corrected chi connectivity index (χ1v) is 16.4. The molecule has 2 atom stereocenters. The van der Waals surface area contributed by atoms with Gasteiger partial charge in [-0.1, -0.05) is 64.8 Å². The normalized spacial score (nSPS) is 20.0. The molecule has 3 aliphatic rings. The summed E-state index contributed by atoms with van der Waals surface area (Å²) in [5.41, 5.74) is 2.15. The fourth-order valence-corrected chi connectivity index (χ4v) is 5.96. The number of nitrogens with zero attached hydrogens (tertiary/aromatic N) is 2. The molecule has 0 aromatic heterocycles. The standard InChI is InChI=1S/C36H52N4O5/c1-25(2)33-35(43)37-21-19-29-11-15-31(16-12-29)45-32-17-13-30(14-18-32)20-22-38-36(44)34(26(3)4)40(28(6)42)24-10-8-7-9-23-39(33)27(5)41/h11-18,25-26,33-34H,7-10,19-24H2,1-6H3,(H,37,43)(H,38,44). The molecule has 2 aromatic rings. The number of hydrogen-bond acceptors (Lipinski definition) is 5. The number of carbonyl (C=O) groups excluding carboxylic acids is 4. The predicted octanol–water partition coefficient (Wildman–Crippen LogP) is 5.12. The Morgan fingerprint density at radius 2 is 1.00 bits per heavy atom. The molecule has 4 amide bonds.